The summed E-state index contributed by atoms with van der Waals surface area (Å²) in [5.74, 6) is 0.261. The molecule has 1 fully saturated rings. The highest BCUT2D eigenvalue weighted by molar-refractivity contribution is 6.21. The molecular weight excluding hydrogens is 338 g/mol. The Balaban J connectivity index is 2.12. The lowest BCUT2D eigenvalue weighted by Crippen LogP contribution is -2.32. The van der Waals surface area contributed by atoms with Crippen LogP contribution in [0.15, 0.2) is 24.3 Å². The summed E-state index contributed by atoms with van der Waals surface area (Å²) in [5, 5.41) is 0. The summed E-state index contributed by atoms with van der Waals surface area (Å²) in [4.78, 5) is 37.8. The summed E-state index contributed by atoms with van der Waals surface area (Å²) >= 11 is 0. The molecule has 4 atom stereocenters. The summed E-state index contributed by atoms with van der Waals surface area (Å²) in [5.41, 5.74) is 1.79. The lowest BCUT2D eigenvalue weighted by atomic mass is 9.85. The van der Waals surface area contributed by atoms with Gasteiger partial charge < -0.3 is 4.79 Å². The van der Waals surface area contributed by atoms with E-state index in [0.717, 1.165) is 44.0 Å². The van der Waals surface area contributed by atoms with Gasteiger partial charge in [0, 0.05) is 12.3 Å². The van der Waals surface area contributed by atoms with Gasteiger partial charge in [-0.05, 0) is 42.4 Å². The molecule has 1 heterocycles. The van der Waals surface area contributed by atoms with Crippen molar-refractivity contribution in [1.29, 1.82) is 0 Å². The molecule has 0 aromatic heterocycles. The van der Waals surface area contributed by atoms with E-state index in [9.17, 15) is 14.4 Å². The molecule has 148 valence electrons. The molecule has 0 spiro atoms. The maximum absolute atomic E-state index is 12.9. The third-order valence-corrected chi connectivity index (χ3v) is 5.88. The molecule has 4 unspecified atom stereocenters. The highest BCUT2D eigenvalue weighted by atomic mass is 16.2. The average Bonchev–Trinajstić information content (AvgIpc) is 2.96. The molecule has 1 aliphatic heterocycles. The van der Waals surface area contributed by atoms with Crippen molar-refractivity contribution < 1.29 is 14.4 Å². The Hall–Kier alpha value is -1.97. The predicted molar refractivity (Wildman–Crippen MR) is 109 cm³/mol. The number of benzene rings is 1. The molecule has 1 aromatic rings. The van der Waals surface area contributed by atoms with Crippen LogP contribution in [-0.4, -0.2) is 18.1 Å². The molecular formula is C23H33NO3. The van der Waals surface area contributed by atoms with E-state index in [0.29, 0.717) is 12.1 Å². The fourth-order valence-electron chi connectivity index (χ4n) is 4.15. The minimum absolute atomic E-state index is 0.0243. The summed E-state index contributed by atoms with van der Waals surface area (Å²) < 4.78 is 0. The van der Waals surface area contributed by atoms with Gasteiger partial charge in [-0.2, -0.15) is 0 Å². The largest absolute Gasteiger partial charge is 0.303 e. The molecule has 0 aliphatic carbocycles. The van der Waals surface area contributed by atoms with Crippen molar-refractivity contribution in [2.24, 2.45) is 17.8 Å². The van der Waals surface area contributed by atoms with E-state index in [-0.39, 0.29) is 35.5 Å². The number of unbranched alkanes of at least 4 members (excludes halogenated alkanes) is 1. The topological polar surface area (TPSA) is 54.5 Å². The van der Waals surface area contributed by atoms with Gasteiger partial charge in [-0.3, -0.25) is 14.5 Å². The fourth-order valence-corrected chi connectivity index (χ4v) is 4.15. The van der Waals surface area contributed by atoms with Gasteiger partial charge in [0.15, 0.2) is 0 Å². The van der Waals surface area contributed by atoms with Crippen molar-refractivity contribution >= 4 is 23.8 Å². The minimum Gasteiger partial charge on any atom is -0.303 e. The Labute approximate surface area is 163 Å². The monoisotopic (exact) mass is 371 g/mol. The predicted octanol–water partition coefficient (Wildman–Crippen LogP) is 5.11. The number of aldehydes is 1. The van der Waals surface area contributed by atoms with Gasteiger partial charge in [0.05, 0.1) is 11.6 Å². The maximum atomic E-state index is 12.9. The Morgan fingerprint density at radius 1 is 1.15 bits per heavy atom. The molecule has 0 saturated carbocycles. The first kappa shape index (κ1) is 21.3. The first-order valence-electron chi connectivity index (χ1n) is 10.3. The average molecular weight is 372 g/mol. The second-order valence-corrected chi connectivity index (χ2v) is 8.03. The zero-order valence-electron chi connectivity index (χ0n) is 17.1. The van der Waals surface area contributed by atoms with Crippen LogP contribution in [0.1, 0.15) is 77.7 Å². The molecule has 2 rings (SSSR count). The van der Waals surface area contributed by atoms with Crippen LogP contribution < -0.4 is 4.90 Å². The van der Waals surface area contributed by atoms with Gasteiger partial charge in [-0.25, -0.2) is 0 Å². The first-order chi connectivity index (χ1) is 12.9. The van der Waals surface area contributed by atoms with Crippen molar-refractivity contribution in [3.8, 4) is 0 Å². The molecule has 1 aliphatic rings. The second kappa shape index (κ2) is 9.82. The molecule has 0 radical (unpaired) electrons. The van der Waals surface area contributed by atoms with Crippen LogP contribution >= 0.6 is 0 Å². The second-order valence-electron chi connectivity index (χ2n) is 8.03. The maximum Gasteiger partial charge on any atom is 0.237 e. The first-order valence-corrected chi connectivity index (χ1v) is 10.3. The number of amides is 2. The number of hydrogen-bond acceptors (Lipinski definition) is 3. The molecule has 2 amide bonds. The van der Waals surface area contributed by atoms with Gasteiger partial charge in [0.25, 0.3) is 0 Å². The number of imide groups is 1. The smallest absolute Gasteiger partial charge is 0.237 e. The van der Waals surface area contributed by atoms with Gasteiger partial charge >= 0.3 is 0 Å². The molecule has 1 saturated heterocycles. The van der Waals surface area contributed by atoms with Crippen molar-refractivity contribution in [1.82, 2.24) is 0 Å². The molecule has 4 nitrogen and oxygen atoms in total. The summed E-state index contributed by atoms with van der Waals surface area (Å²) in [6.07, 6.45) is 6.26. The Bertz CT molecular complexity index is 652. The van der Waals surface area contributed by atoms with Gasteiger partial charge in [-0.15, -0.1) is 0 Å². The SMILES string of the molecule is CCCCC(CC)C1CC(=O)N(c2ccc(C(C)CC(C)C=O)cc2)C1=O. The molecule has 4 heteroatoms. The molecule has 0 bridgehead atoms. The molecule has 0 N–H and O–H groups in total. The molecule has 1 aromatic carbocycles. The highest BCUT2D eigenvalue weighted by Gasteiger charge is 2.42. The number of hydrogen-bond donors (Lipinski definition) is 0. The van der Waals surface area contributed by atoms with Crippen molar-refractivity contribution in [3.63, 3.8) is 0 Å². The molecule has 27 heavy (non-hydrogen) atoms. The van der Waals surface area contributed by atoms with E-state index >= 15 is 0 Å². The zero-order chi connectivity index (χ0) is 20.0. The van der Waals surface area contributed by atoms with Crippen LogP contribution in [0.4, 0.5) is 5.69 Å². The lowest BCUT2D eigenvalue weighted by Gasteiger charge is -2.21. The van der Waals surface area contributed by atoms with E-state index in [2.05, 4.69) is 20.8 Å². The van der Waals surface area contributed by atoms with Gasteiger partial charge in [0.2, 0.25) is 11.8 Å². The quantitative estimate of drug-likeness (QED) is 0.424. The number of carbonyl (C=O) groups is 3. The van der Waals surface area contributed by atoms with Crippen molar-refractivity contribution in [2.45, 2.75) is 72.1 Å². The highest BCUT2D eigenvalue weighted by Crippen LogP contribution is 2.35. The summed E-state index contributed by atoms with van der Waals surface area (Å²) in [7, 11) is 0. The number of carbonyl (C=O) groups excluding carboxylic acids is 3. The van der Waals surface area contributed by atoms with E-state index in [4.69, 9.17) is 0 Å². The third-order valence-electron chi connectivity index (χ3n) is 5.88. The van der Waals surface area contributed by atoms with E-state index in [1.54, 1.807) is 0 Å². The van der Waals surface area contributed by atoms with E-state index in [1.807, 2.05) is 31.2 Å². The number of nitrogens with zero attached hydrogens (tertiary/aromatic N) is 1. The Kier molecular flexibility index (Phi) is 7.76. The van der Waals surface area contributed by atoms with Crippen LogP contribution in [0.2, 0.25) is 0 Å². The third kappa shape index (κ3) is 5.06. The van der Waals surface area contributed by atoms with Crippen LogP contribution in [-0.2, 0) is 14.4 Å². The van der Waals surface area contributed by atoms with Crippen LogP contribution in [0.25, 0.3) is 0 Å². The van der Waals surface area contributed by atoms with Gasteiger partial charge in [-0.1, -0.05) is 59.1 Å². The zero-order valence-corrected chi connectivity index (χ0v) is 17.1. The van der Waals surface area contributed by atoms with Crippen LogP contribution in [0.3, 0.4) is 0 Å². The van der Waals surface area contributed by atoms with Crippen molar-refractivity contribution in [2.75, 3.05) is 4.90 Å². The fraction of sp³-hybridized carbons (Fsp3) is 0.609. The number of rotatable bonds is 10. The minimum atomic E-state index is -0.180. The van der Waals surface area contributed by atoms with Gasteiger partial charge in [0.1, 0.15) is 6.29 Å². The van der Waals surface area contributed by atoms with E-state index < -0.39 is 0 Å². The number of anilines is 1. The normalized spacial score (nSPS) is 20.6. The summed E-state index contributed by atoms with van der Waals surface area (Å²) in [6, 6.07) is 7.67. The van der Waals surface area contributed by atoms with Crippen molar-refractivity contribution in [3.05, 3.63) is 29.8 Å². The Morgan fingerprint density at radius 3 is 2.37 bits per heavy atom. The van der Waals surface area contributed by atoms with E-state index in [1.165, 1.54) is 4.90 Å². The Morgan fingerprint density at radius 2 is 1.81 bits per heavy atom. The standard InChI is InChI=1S/C23H33NO3/c1-5-7-8-18(6-2)21-14-22(26)24(23(21)27)20-11-9-19(10-12-20)17(4)13-16(3)15-25/h9-12,15-18,21H,5-8,13-14H2,1-4H3. The van der Waals surface area contributed by atoms with Crippen LogP contribution in [0.5, 0.6) is 0 Å². The summed E-state index contributed by atoms with van der Waals surface area (Å²) in [6.45, 7) is 8.27. The van der Waals surface area contributed by atoms with Crippen LogP contribution in [0, 0.1) is 17.8 Å². The lowest BCUT2D eigenvalue weighted by molar-refractivity contribution is -0.123.